The lowest BCUT2D eigenvalue weighted by Crippen LogP contribution is -2.78. The zero-order valence-corrected chi connectivity index (χ0v) is 14.1. The molecule has 0 aliphatic carbocycles. The molecule has 2 aromatic rings. The summed E-state index contributed by atoms with van der Waals surface area (Å²) >= 11 is 5.93. The molecule has 0 atom stereocenters. The van der Waals surface area contributed by atoms with Crippen LogP contribution in [0.5, 0.6) is 0 Å². The standard InChI is InChI=1S/C17H22ClN5/c1-20-7-3-2-4-8-21-11-14(10-19)13-9-16-15(22-12-13)5-6-17(18)23-16/h5-6,9-12,19-21H,2-4,7-8H2,1H3/p+1. The van der Waals surface area contributed by atoms with Gasteiger partial charge in [-0.2, -0.15) is 0 Å². The quantitative estimate of drug-likeness (QED) is 0.374. The molecule has 0 spiro atoms. The van der Waals surface area contributed by atoms with Crippen LogP contribution >= 0.6 is 11.6 Å². The van der Waals surface area contributed by atoms with Crippen molar-refractivity contribution in [2.24, 2.45) is 0 Å². The van der Waals surface area contributed by atoms with E-state index in [2.05, 4.69) is 20.6 Å². The Balaban J connectivity index is 1.99. The molecule has 0 radical (unpaired) electrons. The van der Waals surface area contributed by atoms with Gasteiger partial charge >= 0.3 is 0 Å². The van der Waals surface area contributed by atoms with Gasteiger partial charge < -0.3 is 16.0 Å². The van der Waals surface area contributed by atoms with Crippen molar-refractivity contribution < 1.29 is 5.32 Å². The van der Waals surface area contributed by atoms with E-state index in [1.807, 2.05) is 25.4 Å². The van der Waals surface area contributed by atoms with E-state index < -0.39 is 0 Å². The summed E-state index contributed by atoms with van der Waals surface area (Å²) in [5, 5.41) is 13.3. The number of nitrogens with zero attached hydrogens (tertiary/aromatic N) is 2. The maximum atomic E-state index is 7.62. The van der Waals surface area contributed by atoms with E-state index in [-0.39, 0.29) is 0 Å². The summed E-state index contributed by atoms with van der Waals surface area (Å²) in [6.07, 6.45) is 8.69. The first-order valence-corrected chi connectivity index (χ1v) is 8.23. The molecule has 0 aromatic carbocycles. The van der Waals surface area contributed by atoms with Gasteiger partial charge in [-0.1, -0.05) is 11.6 Å². The van der Waals surface area contributed by atoms with Crippen LogP contribution in [0.4, 0.5) is 0 Å². The Morgan fingerprint density at radius 2 is 2.17 bits per heavy atom. The third-order valence-electron chi connectivity index (χ3n) is 3.59. The van der Waals surface area contributed by atoms with Crippen molar-refractivity contribution in [3.63, 3.8) is 0 Å². The van der Waals surface area contributed by atoms with E-state index in [4.69, 9.17) is 17.0 Å². The number of pyridine rings is 2. The second-order valence-electron chi connectivity index (χ2n) is 5.35. The van der Waals surface area contributed by atoms with Gasteiger partial charge in [-0.05, 0) is 51.1 Å². The van der Waals surface area contributed by atoms with Crippen LogP contribution in [0, 0.1) is 5.41 Å². The summed E-state index contributed by atoms with van der Waals surface area (Å²) in [5.41, 5.74) is 3.26. The van der Waals surface area contributed by atoms with E-state index >= 15 is 0 Å². The summed E-state index contributed by atoms with van der Waals surface area (Å²) in [6, 6.07) is 5.50. The summed E-state index contributed by atoms with van der Waals surface area (Å²) in [6.45, 7) is 2.09. The lowest BCUT2D eigenvalue weighted by molar-refractivity contribution is -0.587. The van der Waals surface area contributed by atoms with Crippen molar-refractivity contribution >= 4 is 34.4 Å². The van der Waals surface area contributed by atoms with Crippen LogP contribution in [0.15, 0.2) is 30.6 Å². The average Bonchev–Trinajstić information content (AvgIpc) is 2.57. The van der Waals surface area contributed by atoms with Crippen molar-refractivity contribution in [2.75, 3.05) is 20.1 Å². The maximum absolute atomic E-state index is 7.62. The highest BCUT2D eigenvalue weighted by molar-refractivity contribution is 6.29. The number of allylic oxidation sites excluding steroid dienone is 1. The Morgan fingerprint density at radius 1 is 1.30 bits per heavy atom. The number of aromatic nitrogens is 2. The highest BCUT2D eigenvalue weighted by Crippen LogP contribution is 2.18. The van der Waals surface area contributed by atoms with E-state index in [9.17, 15) is 0 Å². The largest absolute Gasteiger partial charge is 0.320 e. The molecule has 0 saturated heterocycles. The molecule has 6 heteroatoms. The van der Waals surface area contributed by atoms with E-state index in [0.717, 1.165) is 41.7 Å². The SMILES string of the molecule is CNCCCCC[NH2+]C=C(C=N)c1cnc2ccc(Cl)nc2c1. The third kappa shape index (κ3) is 5.39. The minimum Gasteiger partial charge on any atom is -0.320 e. The van der Waals surface area contributed by atoms with Crippen molar-refractivity contribution in [1.29, 1.82) is 5.41 Å². The fraction of sp³-hybridized carbons (Fsp3) is 0.353. The monoisotopic (exact) mass is 332 g/mol. The van der Waals surface area contributed by atoms with E-state index in [1.54, 1.807) is 12.3 Å². The van der Waals surface area contributed by atoms with Crippen LogP contribution in [-0.2, 0) is 0 Å². The highest BCUT2D eigenvalue weighted by atomic mass is 35.5. The first-order valence-electron chi connectivity index (χ1n) is 7.86. The molecule has 0 aliphatic rings. The molecule has 2 aromatic heterocycles. The summed E-state index contributed by atoms with van der Waals surface area (Å²) < 4.78 is 0. The van der Waals surface area contributed by atoms with Crippen LogP contribution < -0.4 is 10.6 Å². The molecule has 2 rings (SSSR count). The van der Waals surface area contributed by atoms with Gasteiger partial charge in [0, 0.05) is 18.0 Å². The van der Waals surface area contributed by atoms with Crippen molar-refractivity contribution in [3.8, 4) is 0 Å². The van der Waals surface area contributed by atoms with Gasteiger partial charge in [0.05, 0.1) is 23.2 Å². The van der Waals surface area contributed by atoms with Gasteiger partial charge in [0.2, 0.25) is 0 Å². The zero-order valence-electron chi connectivity index (χ0n) is 13.3. The first kappa shape index (κ1) is 17.5. The second-order valence-corrected chi connectivity index (χ2v) is 5.74. The van der Waals surface area contributed by atoms with Crippen LogP contribution in [0.3, 0.4) is 0 Å². The summed E-state index contributed by atoms with van der Waals surface area (Å²) in [4.78, 5) is 8.66. The lowest BCUT2D eigenvalue weighted by atomic mass is 10.1. The maximum Gasteiger partial charge on any atom is 0.129 e. The van der Waals surface area contributed by atoms with E-state index in [1.165, 1.54) is 19.1 Å². The normalized spacial score (nSPS) is 11.8. The molecule has 5 nitrogen and oxygen atoms in total. The molecule has 122 valence electrons. The predicted octanol–water partition coefficient (Wildman–Crippen LogP) is 2.23. The predicted molar refractivity (Wildman–Crippen MR) is 95.9 cm³/mol. The molecule has 23 heavy (non-hydrogen) atoms. The molecule has 0 amide bonds. The average molecular weight is 333 g/mol. The van der Waals surface area contributed by atoms with Crippen molar-refractivity contribution in [3.05, 3.63) is 41.3 Å². The molecule has 0 fully saturated rings. The van der Waals surface area contributed by atoms with Crippen LogP contribution in [-0.4, -0.2) is 36.3 Å². The number of hydrogen-bond donors (Lipinski definition) is 3. The number of rotatable bonds is 9. The topological polar surface area (TPSA) is 78.3 Å². The number of quaternary nitrogens is 1. The number of unbranched alkanes of at least 4 members (excludes halogenated alkanes) is 2. The Hall–Kier alpha value is -1.82. The smallest absolute Gasteiger partial charge is 0.129 e. The Labute approximate surface area is 141 Å². The number of halogens is 1. The van der Waals surface area contributed by atoms with Gasteiger partial charge in [-0.25, -0.2) is 4.98 Å². The number of nitrogens with one attached hydrogen (secondary N) is 2. The molecule has 2 heterocycles. The van der Waals surface area contributed by atoms with E-state index in [0.29, 0.717) is 5.15 Å². The number of hydrogen-bond acceptors (Lipinski definition) is 4. The Morgan fingerprint density at radius 3 is 2.96 bits per heavy atom. The van der Waals surface area contributed by atoms with Crippen molar-refractivity contribution in [2.45, 2.75) is 19.3 Å². The fourth-order valence-corrected chi connectivity index (χ4v) is 2.47. The van der Waals surface area contributed by atoms with Crippen molar-refractivity contribution in [1.82, 2.24) is 15.3 Å². The summed E-state index contributed by atoms with van der Waals surface area (Å²) in [7, 11) is 1.98. The fourth-order valence-electron chi connectivity index (χ4n) is 2.32. The van der Waals surface area contributed by atoms with Crippen LogP contribution in [0.25, 0.3) is 16.6 Å². The minimum atomic E-state index is 0.449. The van der Waals surface area contributed by atoms with Crippen LogP contribution in [0.1, 0.15) is 24.8 Å². The molecule has 0 saturated carbocycles. The van der Waals surface area contributed by atoms with Gasteiger partial charge in [-0.3, -0.25) is 4.98 Å². The van der Waals surface area contributed by atoms with Gasteiger partial charge in [0.25, 0.3) is 0 Å². The highest BCUT2D eigenvalue weighted by Gasteiger charge is 2.05. The lowest BCUT2D eigenvalue weighted by Gasteiger charge is -2.03. The van der Waals surface area contributed by atoms with Gasteiger partial charge in [0.1, 0.15) is 11.4 Å². The molecule has 0 aliphatic heterocycles. The molecule has 0 bridgehead atoms. The molecular formula is C17H23ClN5+. The third-order valence-corrected chi connectivity index (χ3v) is 3.80. The van der Waals surface area contributed by atoms with Gasteiger partial charge in [-0.15, -0.1) is 0 Å². The zero-order chi connectivity index (χ0) is 16.5. The molecule has 4 N–H and O–H groups in total. The van der Waals surface area contributed by atoms with Gasteiger partial charge in [0.15, 0.2) is 0 Å². The number of fused-ring (bicyclic) bond motifs is 1. The summed E-state index contributed by atoms with van der Waals surface area (Å²) in [5.74, 6) is 0. The molecular weight excluding hydrogens is 310 g/mol. The number of nitrogens with two attached hydrogens (primary N) is 1. The van der Waals surface area contributed by atoms with Crippen LogP contribution in [0.2, 0.25) is 5.15 Å². The Kier molecular flexibility index (Phi) is 7.13. The molecule has 0 unspecified atom stereocenters. The second kappa shape index (κ2) is 9.35. The Bertz CT molecular complexity index is 684. The first-order chi connectivity index (χ1) is 11.2. The minimum absolute atomic E-state index is 0.449.